The summed E-state index contributed by atoms with van der Waals surface area (Å²) < 4.78 is 5.35. The van der Waals surface area contributed by atoms with Crippen LogP contribution in [0.5, 0.6) is 0 Å². The highest BCUT2D eigenvalue weighted by Gasteiger charge is 2.41. The lowest BCUT2D eigenvalue weighted by molar-refractivity contribution is -0.144. The van der Waals surface area contributed by atoms with Crippen molar-refractivity contribution < 1.29 is 38.9 Å². The molecule has 0 aromatic carbocycles. The number of carboxylic acids is 1. The summed E-state index contributed by atoms with van der Waals surface area (Å²) in [6.45, 7) is 14.9. The molecule has 13 nitrogen and oxygen atoms in total. The van der Waals surface area contributed by atoms with Crippen molar-refractivity contribution in [2.75, 3.05) is 13.2 Å². The molecule has 1 aliphatic carbocycles. The van der Waals surface area contributed by atoms with Crippen molar-refractivity contribution >= 4 is 30.0 Å². The predicted octanol–water partition coefficient (Wildman–Crippen LogP) is 4.95. The third-order valence-electron chi connectivity index (χ3n) is 8.11. The van der Waals surface area contributed by atoms with Gasteiger partial charge in [0.1, 0.15) is 18.1 Å². The van der Waals surface area contributed by atoms with Gasteiger partial charge in [-0.15, -0.1) is 6.58 Å². The van der Waals surface area contributed by atoms with Gasteiger partial charge in [-0.05, 0) is 55.1 Å². The first kappa shape index (κ1) is 39.0. The number of hydrogen-bond acceptors (Lipinski definition) is 7. The molecule has 0 radical (unpaired) electrons. The van der Waals surface area contributed by atoms with Crippen molar-refractivity contribution in [1.82, 2.24) is 25.4 Å². The molecule has 3 unspecified atom stereocenters. The van der Waals surface area contributed by atoms with E-state index in [2.05, 4.69) is 22.2 Å². The van der Waals surface area contributed by atoms with Gasteiger partial charge in [0.05, 0.1) is 25.4 Å². The Morgan fingerprint density at radius 2 is 1.72 bits per heavy atom. The molecule has 1 saturated heterocycles. The molecule has 0 spiro atoms. The van der Waals surface area contributed by atoms with Gasteiger partial charge in [-0.1, -0.05) is 66.0 Å². The van der Waals surface area contributed by atoms with Crippen LogP contribution in [0.25, 0.3) is 0 Å². The van der Waals surface area contributed by atoms with Crippen LogP contribution >= 0.6 is 0 Å². The van der Waals surface area contributed by atoms with Crippen LogP contribution in [0.1, 0.15) is 97.2 Å². The van der Waals surface area contributed by atoms with E-state index in [1.54, 1.807) is 6.20 Å². The van der Waals surface area contributed by atoms with Crippen LogP contribution in [0.4, 0.5) is 9.59 Å². The van der Waals surface area contributed by atoms with Crippen molar-refractivity contribution in [2.24, 2.45) is 11.3 Å². The van der Waals surface area contributed by atoms with Crippen LogP contribution in [0.2, 0.25) is 0 Å². The Morgan fingerprint density at radius 1 is 1.04 bits per heavy atom. The highest BCUT2D eigenvalue weighted by atomic mass is 16.5. The molecular weight excluding hydrogens is 606 g/mol. The molecule has 3 atom stereocenters. The fourth-order valence-corrected chi connectivity index (χ4v) is 5.77. The number of alkyl carbamates (subject to hydrolysis) is 1. The predicted molar refractivity (Wildman–Crippen MR) is 176 cm³/mol. The molecule has 3 aliphatic rings. The van der Waals surface area contributed by atoms with E-state index in [0.717, 1.165) is 43.4 Å². The van der Waals surface area contributed by atoms with Crippen LogP contribution in [-0.4, -0.2) is 86.2 Å². The van der Waals surface area contributed by atoms with Gasteiger partial charge < -0.3 is 30.5 Å². The van der Waals surface area contributed by atoms with Gasteiger partial charge in [0.15, 0.2) is 0 Å². The van der Waals surface area contributed by atoms with Gasteiger partial charge in [0.2, 0.25) is 11.8 Å². The molecule has 2 aliphatic heterocycles. The highest BCUT2D eigenvalue weighted by Crippen LogP contribution is 2.29. The van der Waals surface area contributed by atoms with E-state index >= 15 is 0 Å². The third-order valence-corrected chi connectivity index (χ3v) is 8.11. The molecule has 13 heteroatoms. The lowest BCUT2D eigenvalue weighted by atomic mass is 9.83. The maximum atomic E-state index is 13.6. The number of carboxylic acid groups (broad SMARTS) is 2. The van der Waals surface area contributed by atoms with Crippen LogP contribution in [-0.2, 0) is 32.2 Å². The Hall–Kier alpha value is -4.16. The average molecular weight is 660 g/mol. The minimum Gasteiger partial charge on any atom is -0.480 e. The molecule has 3 heterocycles. The molecule has 1 aromatic rings. The lowest BCUT2D eigenvalue weighted by Crippen LogP contribution is -2.57. The molecule has 1 aromatic heterocycles. The number of aliphatic carboxylic acids is 1. The minimum absolute atomic E-state index is 0.0229. The number of ether oxygens (including phenoxy) is 1. The van der Waals surface area contributed by atoms with E-state index < -0.39 is 42.2 Å². The largest absolute Gasteiger partial charge is 0.480 e. The van der Waals surface area contributed by atoms with Gasteiger partial charge in [-0.25, -0.2) is 14.4 Å². The van der Waals surface area contributed by atoms with Crippen molar-refractivity contribution in [1.29, 1.82) is 0 Å². The zero-order chi connectivity index (χ0) is 35.1. The van der Waals surface area contributed by atoms with Crippen LogP contribution in [0.3, 0.4) is 0 Å². The maximum Gasteiger partial charge on any atom is 0.407 e. The number of fused-ring (bicyclic) bond motifs is 1. The van der Waals surface area contributed by atoms with Gasteiger partial charge in [0, 0.05) is 12.7 Å². The number of hydrogen-bond donors (Lipinski definition) is 4. The molecule has 4 amide bonds. The number of pyridine rings is 1. The number of aromatic nitrogens is 1. The Kier molecular flexibility index (Phi) is 15.7. The number of likely N-dealkylation sites (tertiary alicyclic amines) is 1. The van der Waals surface area contributed by atoms with E-state index in [9.17, 15) is 29.1 Å². The van der Waals surface area contributed by atoms with E-state index in [-0.39, 0.29) is 30.3 Å². The summed E-state index contributed by atoms with van der Waals surface area (Å²) in [5.41, 5.74) is 1.69. The van der Waals surface area contributed by atoms with E-state index in [4.69, 9.17) is 9.84 Å². The molecule has 262 valence electrons. The lowest BCUT2D eigenvalue weighted by Gasteiger charge is -2.34. The Morgan fingerprint density at radius 3 is 2.30 bits per heavy atom. The first-order chi connectivity index (χ1) is 22.3. The minimum atomic E-state index is -1.15. The number of carbonyl (C=O) groups is 5. The summed E-state index contributed by atoms with van der Waals surface area (Å²) >= 11 is 0. The molecule has 4 N–H and O–H groups in total. The van der Waals surface area contributed by atoms with Crippen molar-refractivity contribution in [2.45, 2.75) is 117 Å². The number of carbonyl (C=O) groups excluding carboxylic acids is 3. The molecule has 1 saturated carbocycles. The monoisotopic (exact) mass is 659 g/mol. The quantitative estimate of drug-likeness (QED) is 0.267. The zero-order valence-corrected chi connectivity index (χ0v) is 28.5. The Bertz CT molecular complexity index is 1200. The van der Waals surface area contributed by atoms with Crippen LogP contribution in [0.15, 0.2) is 31.0 Å². The summed E-state index contributed by atoms with van der Waals surface area (Å²) in [6.07, 6.45) is 7.49. The smallest absolute Gasteiger partial charge is 0.407 e. The van der Waals surface area contributed by atoms with Crippen molar-refractivity contribution in [3.05, 3.63) is 42.2 Å². The SMILES string of the molecule is C=CCC(NC(=O)C1CCCN1C(=O)C(NC(=O)OCC(C)(C)C)C1CCCCC1)C(=O)O.CC.O=C(O)N1Cc2cccnc2C1. The van der Waals surface area contributed by atoms with Crippen molar-refractivity contribution in [3.8, 4) is 0 Å². The summed E-state index contributed by atoms with van der Waals surface area (Å²) in [4.78, 5) is 67.9. The van der Waals surface area contributed by atoms with E-state index in [0.29, 0.717) is 32.5 Å². The first-order valence-corrected chi connectivity index (χ1v) is 16.6. The Balaban J connectivity index is 0.000000452. The average Bonchev–Trinajstić information content (AvgIpc) is 3.72. The fourth-order valence-electron chi connectivity index (χ4n) is 5.77. The molecule has 2 fully saturated rings. The number of amides is 4. The second-order valence-corrected chi connectivity index (χ2v) is 13.0. The zero-order valence-electron chi connectivity index (χ0n) is 28.5. The van der Waals surface area contributed by atoms with E-state index in [1.807, 2.05) is 46.8 Å². The fraction of sp³-hybridized carbons (Fsp3) is 0.647. The summed E-state index contributed by atoms with van der Waals surface area (Å²) in [7, 11) is 0. The second-order valence-electron chi connectivity index (χ2n) is 13.0. The standard InChI is InChI=1S/C24H39N3O6.C8H8N2O2.C2H6/c1-5-10-17(22(30)31)25-20(28)18-13-9-14-27(18)21(29)19(16-11-7-6-8-12-16)26-23(32)33-15-24(2,3)4;11-8(12)10-4-6-2-1-3-9-7(6)5-10;1-2/h5,16-19H,1,6-15H2,2-4H3,(H,25,28)(H,26,32)(H,30,31);1-3H,4-5H2,(H,11,12);1-2H3. The topological polar surface area (TPSA) is 178 Å². The van der Waals surface area contributed by atoms with Gasteiger partial charge in [-0.2, -0.15) is 0 Å². The molecular formula is C34H53N5O8. The number of nitrogens with one attached hydrogen (secondary N) is 2. The normalized spacial score (nSPS) is 18.6. The summed E-state index contributed by atoms with van der Waals surface area (Å²) in [5.74, 6) is -1.97. The second kappa shape index (κ2) is 18.9. The van der Waals surface area contributed by atoms with Gasteiger partial charge in [-0.3, -0.25) is 19.5 Å². The maximum absolute atomic E-state index is 13.6. The van der Waals surface area contributed by atoms with Gasteiger partial charge >= 0.3 is 18.2 Å². The molecule has 4 rings (SSSR count). The van der Waals surface area contributed by atoms with Crippen molar-refractivity contribution in [3.63, 3.8) is 0 Å². The number of nitrogens with zero attached hydrogens (tertiary/aromatic N) is 3. The highest BCUT2D eigenvalue weighted by molar-refractivity contribution is 5.93. The summed E-state index contributed by atoms with van der Waals surface area (Å²) in [5, 5.41) is 23.3. The molecule has 47 heavy (non-hydrogen) atoms. The van der Waals surface area contributed by atoms with Crippen LogP contribution < -0.4 is 10.6 Å². The van der Waals surface area contributed by atoms with E-state index in [1.165, 1.54) is 15.9 Å². The number of rotatable bonds is 9. The van der Waals surface area contributed by atoms with Crippen LogP contribution in [0, 0.1) is 11.3 Å². The first-order valence-electron chi connectivity index (χ1n) is 16.6. The Labute approximate surface area is 278 Å². The molecule has 0 bridgehead atoms. The summed E-state index contributed by atoms with van der Waals surface area (Å²) in [6, 6.07) is 1.11. The third kappa shape index (κ3) is 12.2. The van der Waals surface area contributed by atoms with Gasteiger partial charge in [0.25, 0.3) is 0 Å².